The summed E-state index contributed by atoms with van der Waals surface area (Å²) in [4.78, 5) is 19.1. The average molecular weight is 304 g/mol. The molecule has 0 saturated carbocycles. The Morgan fingerprint density at radius 2 is 2.23 bits per heavy atom. The van der Waals surface area contributed by atoms with Crippen molar-refractivity contribution in [1.29, 1.82) is 0 Å². The number of ether oxygens (including phenoxy) is 1. The fraction of sp³-hybridized carbons (Fsp3) is 0.600. The number of aliphatic hydroxyl groups is 1. The van der Waals surface area contributed by atoms with E-state index in [-0.39, 0.29) is 11.6 Å². The Labute approximate surface area is 127 Å². The molecule has 0 radical (unpaired) electrons. The molecule has 2 N–H and O–H groups in total. The topological polar surface area (TPSA) is 82.9 Å². The highest BCUT2D eigenvalue weighted by Gasteiger charge is 2.37. The van der Waals surface area contributed by atoms with Gasteiger partial charge in [0.25, 0.3) is 5.56 Å². The second kappa shape index (κ2) is 5.19. The molecule has 1 unspecified atom stereocenters. The van der Waals surface area contributed by atoms with Crippen LogP contribution < -0.4 is 5.56 Å². The number of nitrogens with zero attached hydrogens (tertiary/aromatic N) is 3. The number of aromatic amines is 1. The second-order valence-electron chi connectivity index (χ2n) is 6.00. The highest BCUT2D eigenvalue weighted by atomic mass is 16.5. The van der Waals surface area contributed by atoms with Crippen molar-refractivity contribution < 1.29 is 9.84 Å². The van der Waals surface area contributed by atoms with Gasteiger partial charge in [-0.25, -0.2) is 9.50 Å². The van der Waals surface area contributed by atoms with E-state index in [4.69, 9.17) is 4.74 Å². The van der Waals surface area contributed by atoms with Crippen LogP contribution in [0, 0.1) is 0 Å². The lowest BCUT2D eigenvalue weighted by Crippen LogP contribution is -2.38. The molecule has 0 aromatic carbocycles. The third-order valence-electron chi connectivity index (χ3n) is 4.73. The number of aryl methyl sites for hydroxylation is 1. The van der Waals surface area contributed by atoms with Crippen LogP contribution >= 0.6 is 0 Å². The minimum atomic E-state index is -0.796. The minimum absolute atomic E-state index is 0.103. The van der Waals surface area contributed by atoms with Crippen LogP contribution in [0.2, 0.25) is 0 Å². The summed E-state index contributed by atoms with van der Waals surface area (Å²) >= 11 is 0. The predicted octanol–water partition coefficient (Wildman–Crippen LogP) is 0.570. The molecule has 0 spiro atoms. The number of aliphatic hydroxyl groups excluding tert-OH is 1. The minimum Gasteiger partial charge on any atom is -0.381 e. The fourth-order valence-corrected chi connectivity index (χ4v) is 3.44. The van der Waals surface area contributed by atoms with Crippen molar-refractivity contribution in [2.24, 2.45) is 0 Å². The van der Waals surface area contributed by atoms with E-state index in [0.29, 0.717) is 36.7 Å². The lowest BCUT2D eigenvalue weighted by Gasteiger charge is -2.32. The number of hydrogen-bond acceptors (Lipinski definition) is 5. The SMILES string of the molecule is CCc1cc2nc3c(c(=O)n2[nH]1)CN(C1CCOCC1)C3O. The van der Waals surface area contributed by atoms with E-state index in [0.717, 1.165) is 25.0 Å². The molecule has 0 bridgehead atoms. The normalized spacial score (nSPS) is 23.3. The maximum Gasteiger partial charge on any atom is 0.277 e. The van der Waals surface area contributed by atoms with Gasteiger partial charge in [-0.2, -0.15) is 0 Å². The predicted molar refractivity (Wildman–Crippen MR) is 79.5 cm³/mol. The smallest absolute Gasteiger partial charge is 0.277 e. The molecule has 22 heavy (non-hydrogen) atoms. The molecule has 1 atom stereocenters. The van der Waals surface area contributed by atoms with Crippen LogP contribution in [0.15, 0.2) is 10.9 Å². The van der Waals surface area contributed by atoms with E-state index in [2.05, 4.69) is 10.1 Å². The third kappa shape index (κ3) is 2.00. The molecule has 0 aliphatic carbocycles. The summed E-state index contributed by atoms with van der Waals surface area (Å²) in [5, 5.41) is 13.7. The van der Waals surface area contributed by atoms with Crippen molar-refractivity contribution >= 4 is 5.65 Å². The molecule has 1 fully saturated rings. The molecule has 1 saturated heterocycles. The monoisotopic (exact) mass is 304 g/mol. The van der Waals surface area contributed by atoms with Gasteiger partial charge < -0.3 is 9.84 Å². The van der Waals surface area contributed by atoms with E-state index >= 15 is 0 Å². The van der Waals surface area contributed by atoms with E-state index in [9.17, 15) is 9.90 Å². The first-order valence-electron chi connectivity index (χ1n) is 7.84. The van der Waals surface area contributed by atoms with Crippen LogP contribution in [0.3, 0.4) is 0 Å². The number of fused-ring (bicyclic) bond motifs is 2. The first-order chi connectivity index (χ1) is 10.7. The van der Waals surface area contributed by atoms with Gasteiger partial charge in [-0.05, 0) is 19.3 Å². The number of H-pyrrole nitrogens is 1. The Morgan fingerprint density at radius 1 is 1.45 bits per heavy atom. The first-order valence-corrected chi connectivity index (χ1v) is 7.84. The van der Waals surface area contributed by atoms with E-state index in [1.54, 1.807) is 0 Å². The Morgan fingerprint density at radius 3 is 2.95 bits per heavy atom. The second-order valence-corrected chi connectivity index (χ2v) is 6.00. The highest BCUT2D eigenvalue weighted by molar-refractivity contribution is 5.43. The van der Waals surface area contributed by atoms with Crippen LogP contribution in [0.4, 0.5) is 0 Å². The number of rotatable bonds is 2. The molecular formula is C15H20N4O3. The number of nitrogens with one attached hydrogen (secondary N) is 1. The molecule has 2 aliphatic rings. The van der Waals surface area contributed by atoms with Crippen molar-refractivity contribution in [2.45, 2.75) is 45.0 Å². The van der Waals surface area contributed by atoms with E-state index in [1.165, 1.54) is 4.52 Å². The zero-order chi connectivity index (χ0) is 15.3. The Hall–Kier alpha value is -1.70. The van der Waals surface area contributed by atoms with Gasteiger partial charge in [0.15, 0.2) is 11.9 Å². The molecule has 2 aromatic heterocycles. The maximum absolute atomic E-state index is 12.7. The van der Waals surface area contributed by atoms with Crippen molar-refractivity contribution in [2.75, 3.05) is 13.2 Å². The van der Waals surface area contributed by atoms with Gasteiger partial charge in [0.05, 0.1) is 11.3 Å². The summed E-state index contributed by atoms with van der Waals surface area (Å²) in [6, 6.07) is 2.11. The van der Waals surface area contributed by atoms with Gasteiger partial charge in [0.2, 0.25) is 0 Å². The van der Waals surface area contributed by atoms with Crippen molar-refractivity contribution in [3.05, 3.63) is 33.4 Å². The standard InChI is InChI=1S/C15H20N4O3/c1-2-9-7-12-16-13-11(14(20)19(12)17-9)8-18(15(13)21)10-3-5-22-6-4-10/h7,10,15,17,21H,2-6,8H2,1H3. The van der Waals surface area contributed by atoms with Gasteiger partial charge >= 0.3 is 0 Å². The van der Waals surface area contributed by atoms with Crippen LogP contribution in [0.5, 0.6) is 0 Å². The van der Waals surface area contributed by atoms with Crippen LogP contribution in [-0.4, -0.2) is 43.9 Å². The molecular weight excluding hydrogens is 284 g/mol. The van der Waals surface area contributed by atoms with E-state index in [1.807, 2.05) is 17.9 Å². The summed E-state index contributed by atoms with van der Waals surface area (Å²) in [6.07, 6.45) is 1.77. The summed E-state index contributed by atoms with van der Waals surface area (Å²) < 4.78 is 6.86. The summed E-state index contributed by atoms with van der Waals surface area (Å²) in [6.45, 7) is 3.89. The zero-order valence-corrected chi connectivity index (χ0v) is 12.6. The van der Waals surface area contributed by atoms with Crippen molar-refractivity contribution in [3.8, 4) is 0 Å². The molecule has 2 aromatic rings. The lowest BCUT2D eigenvalue weighted by atomic mass is 10.1. The van der Waals surface area contributed by atoms with Gasteiger partial charge in [-0.1, -0.05) is 6.92 Å². The van der Waals surface area contributed by atoms with Crippen LogP contribution in [-0.2, 0) is 17.7 Å². The molecule has 0 amide bonds. The molecule has 118 valence electrons. The Kier molecular flexibility index (Phi) is 3.28. The van der Waals surface area contributed by atoms with Gasteiger partial charge in [0.1, 0.15) is 0 Å². The van der Waals surface area contributed by atoms with E-state index < -0.39 is 6.23 Å². The average Bonchev–Trinajstić information content (AvgIpc) is 3.11. The zero-order valence-electron chi connectivity index (χ0n) is 12.6. The lowest BCUT2D eigenvalue weighted by molar-refractivity contribution is -0.0536. The van der Waals surface area contributed by atoms with Crippen LogP contribution in [0.25, 0.3) is 5.65 Å². The highest BCUT2D eigenvalue weighted by Crippen LogP contribution is 2.33. The number of aromatic nitrogens is 3. The molecule has 7 nitrogen and oxygen atoms in total. The molecule has 7 heteroatoms. The van der Waals surface area contributed by atoms with Crippen molar-refractivity contribution in [1.82, 2.24) is 19.5 Å². The Bertz CT molecular complexity index is 760. The quantitative estimate of drug-likeness (QED) is 0.847. The summed E-state index contributed by atoms with van der Waals surface area (Å²) in [5.74, 6) is 0. The van der Waals surface area contributed by atoms with Crippen LogP contribution in [0.1, 0.15) is 42.9 Å². The largest absolute Gasteiger partial charge is 0.381 e. The van der Waals surface area contributed by atoms with Gasteiger partial charge in [-0.3, -0.25) is 14.8 Å². The summed E-state index contributed by atoms with van der Waals surface area (Å²) in [7, 11) is 0. The summed E-state index contributed by atoms with van der Waals surface area (Å²) in [5.41, 5.74) is 2.55. The Balaban J connectivity index is 1.75. The fourth-order valence-electron chi connectivity index (χ4n) is 3.44. The molecule has 4 heterocycles. The van der Waals surface area contributed by atoms with Crippen molar-refractivity contribution in [3.63, 3.8) is 0 Å². The molecule has 4 rings (SSSR count). The maximum atomic E-state index is 12.7. The molecule has 2 aliphatic heterocycles. The number of hydrogen-bond donors (Lipinski definition) is 2. The first kappa shape index (κ1) is 13.9. The third-order valence-corrected chi connectivity index (χ3v) is 4.73. The van der Waals surface area contributed by atoms with Gasteiger partial charge in [0, 0.05) is 37.6 Å². The van der Waals surface area contributed by atoms with Gasteiger partial charge in [-0.15, -0.1) is 0 Å².